The number of piperidine rings is 1. The summed E-state index contributed by atoms with van der Waals surface area (Å²) in [5, 5.41) is 3.08. The van der Waals surface area contributed by atoms with Crippen LogP contribution in [0, 0.1) is 12.8 Å². The Hall–Kier alpha value is -1.81. The van der Waals surface area contributed by atoms with Crippen molar-refractivity contribution in [2.24, 2.45) is 5.92 Å². The van der Waals surface area contributed by atoms with Crippen LogP contribution >= 0.6 is 15.9 Å². The van der Waals surface area contributed by atoms with Crippen LogP contribution in [0.5, 0.6) is 0 Å². The molecule has 120 valence electrons. The molecule has 0 aromatic heterocycles. The third-order valence-corrected chi connectivity index (χ3v) is 4.93. The lowest BCUT2D eigenvalue weighted by molar-refractivity contribution is -0.120. The SMILES string of the molecule is Cc1cc(Br)ccc1NC(=O)C1CCN(c2ccccc2)CC1. The van der Waals surface area contributed by atoms with Gasteiger partial charge < -0.3 is 10.2 Å². The third kappa shape index (κ3) is 3.94. The Labute approximate surface area is 145 Å². The molecule has 1 aliphatic heterocycles. The molecule has 0 saturated carbocycles. The molecule has 2 aromatic carbocycles. The standard InChI is InChI=1S/C19H21BrN2O/c1-14-13-16(20)7-8-18(14)21-19(23)15-9-11-22(12-10-15)17-5-3-2-4-6-17/h2-8,13,15H,9-12H2,1H3,(H,21,23). The van der Waals surface area contributed by atoms with Crippen LogP contribution in [0.15, 0.2) is 53.0 Å². The van der Waals surface area contributed by atoms with E-state index < -0.39 is 0 Å². The zero-order chi connectivity index (χ0) is 16.2. The van der Waals surface area contributed by atoms with Crippen LogP contribution in [-0.2, 0) is 4.79 Å². The van der Waals surface area contributed by atoms with E-state index in [1.165, 1.54) is 5.69 Å². The lowest BCUT2D eigenvalue weighted by Crippen LogP contribution is -2.38. The maximum Gasteiger partial charge on any atom is 0.227 e. The van der Waals surface area contributed by atoms with Crippen molar-refractivity contribution >= 4 is 33.2 Å². The van der Waals surface area contributed by atoms with E-state index in [4.69, 9.17) is 0 Å². The van der Waals surface area contributed by atoms with Crippen molar-refractivity contribution in [3.05, 3.63) is 58.6 Å². The van der Waals surface area contributed by atoms with Crippen molar-refractivity contribution in [3.8, 4) is 0 Å². The van der Waals surface area contributed by atoms with Gasteiger partial charge in [0, 0.05) is 34.9 Å². The van der Waals surface area contributed by atoms with Crippen molar-refractivity contribution in [2.75, 3.05) is 23.3 Å². The summed E-state index contributed by atoms with van der Waals surface area (Å²) in [6, 6.07) is 16.3. The molecule has 1 aliphatic rings. The Morgan fingerprint density at radius 2 is 1.83 bits per heavy atom. The van der Waals surface area contributed by atoms with Crippen molar-refractivity contribution < 1.29 is 4.79 Å². The largest absolute Gasteiger partial charge is 0.371 e. The van der Waals surface area contributed by atoms with E-state index in [9.17, 15) is 4.79 Å². The molecule has 0 aliphatic carbocycles. The molecule has 3 rings (SSSR count). The van der Waals surface area contributed by atoms with Crippen LogP contribution in [0.25, 0.3) is 0 Å². The predicted molar refractivity (Wildman–Crippen MR) is 98.9 cm³/mol. The molecular formula is C19H21BrN2O. The van der Waals surface area contributed by atoms with Crippen LogP contribution in [-0.4, -0.2) is 19.0 Å². The first kappa shape index (κ1) is 16.1. The molecule has 0 spiro atoms. The van der Waals surface area contributed by atoms with Crippen molar-refractivity contribution in [1.82, 2.24) is 0 Å². The first-order valence-electron chi connectivity index (χ1n) is 8.00. The molecule has 0 unspecified atom stereocenters. The van der Waals surface area contributed by atoms with Crippen LogP contribution in [0.3, 0.4) is 0 Å². The molecule has 2 aromatic rings. The fourth-order valence-electron chi connectivity index (χ4n) is 3.04. The summed E-state index contributed by atoms with van der Waals surface area (Å²) in [6.07, 6.45) is 1.80. The van der Waals surface area contributed by atoms with E-state index in [0.29, 0.717) is 0 Å². The number of nitrogens with one attached hydrogen (secondary N) is 1. The lowest BCUT2D eigenvalue weighted by Gasteiger charge is -2.33. The van der Waals surface area contributed by atoms with Crippen molar-refractivity contribution in [1.29, 1.82) is 0 Å². The number of benzene rings is 2. The Morgan fingerprint density at radius 3 is 2.48 bits per heavy atom. The van der Waals surface area contributed by atoms with Gasteiger partial charge in [0.15, 0.2) is 0 Å². The molecule has 1 heterocycles. The molecule has 0 atom stereocenters. The van der Waals surface area contributed by atoms with E-state index in [-0.39, 0.29) is 11.8 Å². The highest BCUT2D eigenvalue weighted by atomic mass is 79.9. The maximum atomic E-state index is 12.5. The quantitative estimate of drug-likeness (QED) is 0.852. The number of amides is 1. The van der Waals surface area contributed by atoms with Crippen LogP contribution in [0.1, 0.15) is 18.4 Å². The van der Waals surface area contributed by atoms with Gasteiger partial charge in [-0.1, -0.05) is 34.1 Å². The van der Waals surface area contributed by atoms with Crippen LogP contribution < -0.4 is 10.2 Å². The molecule has 0 bridgehead atoms. The normalized spacial score (nSPS) is 15.5. The summed E-state index contributed by atoms with van der Waals surface area (Å²) < 4.78 is 1.03. The zero-order valence-corrected chi connectivity index (χ0v) is 14.8. The smallest absolute Gasteiger partial charge is 0.227 e. The van der Waals surface area contributed by atoms with E-state index in [0.717, 1.165) is 41.7 Å². The first-order chi connectivity index (χ1) is 11.1. The highest BCUT2D eigenvalue weighted by Gasteiger charge is 2.25. The van der Waals surface area contributed by atoms with E-state index in [2.05, 4.69) is 50.4 Å². The number of para-hydroxylation sites is 1. The fourth-order valence-corrected chi connectivity index (χ4v) is 3.52. The minimum absolute atomic E-state index is 0.0954. The van der Waals surface area contributed by atoms with Gasteiger partial charge in [0.1, 0.15) is 0 Å². The second-order valence-electron chi connectivity index (χ2n) is 6.05. The Balaban J connectivity index is 1.58. The minimum atomic E-state index is 0.0954. The van der Waals surface area contributed by atoms with Gasteiger partial charge in [0.2, 0.25) is 5.91 Å². The Bertz CT molecular complexity index is 679. The molecule has 4 heteroatoms. The van der Waals surface area contributed by atoms with Gasteiger partial charge in [0.25, 0.3) is 0 Å². The van der Waals surface area contributed by atoms with E-state index in [1.54, 1.807) is 0 Å². The maximum absolute atomic E-state index is 12.5. The number of carbonyl (C=O) groups excluding carboxylic acids is 1. The van der Waals surface area contributed by atoms with Crippen LogP contribution in [0.4, 0.5) is 11.4 Å². The number of nitrogens with zero attached hydrogens (tertiary/aromatic N) is 1. The van der Waals surface area contributed by atoms with Gasteiger partial charge in [-0.05, 0) is 55.7 Å². The number of anilines is 2. The van der Waals surface area contributed by atoms with Gasteiger partial charge in [-0.15, -0.1) is 0 Å². The number of aryl methyl sites for hydroxylation is 1. The Kier molecular flexibility index (Phi) is 5.01. The first-order valence-corrected chi connectivity index (χ1v) is 8.80. The number of hydrogen-bond acceptors (Lipinski definition) is 2. The van der Waals surface area contributed by atoms with Crippen molar-refractivity contribution in [2.45, 2.75) is 19.8 Å². The summed E-state index contributed by atoms with van der Waals surface area (Å²) >= 11 is 3.45. The summed E-state index contributed by atoms with van der Waals surface area (Å²) in [5.74, 6) is 0.237. The number of halogens is 1. The molecular weight excluding hydrogens is 352 g/mol. The average molecular weight is 373 g/mol. The Morgan fingerprint density at radius 1 is 1.13 bits per heavy atom. The summed E-state index contributed by atoms with van der Waals surface area (Å²) in [5.41, 5.74) is 3.23. The van der Waals surface area contributed by atoms with Crippen LogP contribution in [0.2, 0.25) is 0 Å². The summed E-state index contributed by atoms with van der Waals surface area (Å²) in [4.78, 5) is 14.9. The monoisotopic (exact) mass is 372 g/mol. The summed E-state index contributed by atoms with van der Waals surface area (Å²) in [6.45, 7) is 3.88. The fraction of sp³-hybridized carbons (Fsp3) is 0.316. The van der Waals surface area contributed by atoms with Gasteiger partial charge >= 0.3 is 0 Å². The second kappa shape index (κ2) is 7.18. The molecule has 1 amide bonds. The second-order valence-corrected chi connectivity index (χ2v) is 6.96. The topological polar surface area (TPSA) is 32.3 Å². The van der Waals surface area contributed by atoms with E-state index in [1.807, 2.05) is 31.2 Å². The molecule has 1 N–H and O–H groups in total. The number of carbonyl (C=O) groups is 1. The minimum Gasteiger partial charge on any atom is -0.371 e. The predicted octanol–water partition coefficient (Wildman–Crippen LogP) is 4.61. The molecule has 3 nitrogen and oxygen atoms in total. The highest BCUT2D eigenvalue weighted by Crippen LogP contribution is 2.25. The molecule has 1 saturated heterocycles. The average Bonchev–Trinajstić information content (AvgIpc) is 2.58. The third-order valence-electron chi connectivity index (χ3n) is 4.43. The number of rotatable bonds is 3. The molecule has 23 heavy (non-hydrogen) atoms. The molecule has 0 radical (unpaired) electrons. The number of hydrogen-bond donors (Lipinski definition) is 1. The highest BCUT2D eigenvalue weighted by molar-refractivity contribution is 9.10. The summed E-state index contributed by atoms with van der Waals surface area (Å²) in [7, 11) is 0. The molecule has 1 fully saturated rings. The zero-order valence-electron chi connectivity index (χ0n) is 13.3. The van der Waals surface area contributed by atoms with Gasteiger partial charge in [-0.2, -0.15) is 0 Å². The van der Waals surface area contributed by atoms with Crippen molar-refractivity contribution in [3.63, 3.8) is 0 Å². The van der Waals surface area contributed by atoms with Gasteiger partial charge in [0.05, 0.1) is 0 Å². The lowest BCUT2D eigenvalue weighted by atomic mass is 9.95. The van der Waals surface area contributed by atoms with Gasteiger partial charge in [-0.25, -0.2) is 0 Å². The van der Waals surface area contributed by atoms with Gasteiger partial charge in [-0.3, -0.25) is 4.79 Å². The van der Waals surface area contributed by atoms with E-state index >= 15 is 0 Å².